The number of H-pyrrole nitrogens is 1. The summed E-state index contributed by atoms with van der Waals surface area (Å²) in [4.78, 5) is 30.3. The van der Waals surface area contributed by atoms with E-state index in [9.17, 15) is 9.59 Å². The maximum Gasteiger partial charge on any atom is 0.262 e. The first kappa shape index (κ1) is 20.5. The van der Waals surface area contributed by atoms with Gasteiger partial charge in [0.15, 0.2) is 4.77 Å². The zero-order chi connectivity index (χ0) is 22.0. The van der Waals surface area contributed by atoms with Crippen molar-refractivity contribution >= 4 is 29.0 Å². The third-order valence-corrected chi connectivity index (χ3v) is 5.29. The van der Waals surface area contributed by atoms with E-state index in [2.05, 4.69) is 16.7 Å². The van der Waals surface area contributed by atoms with Crippen LogP contribution in [-0.4, -0.2) is 37.2 Å². The van der Waals surface area contributed by atoms with Gasteiger partial charge in [-0.05, 0) is 42.5 Å². The van der Waals surface area contributed by atoms with Crippen LogP contribution in [0.1, 0.15) is 15.9 Å². The van der Waals surface area contributed by atoms with E-state index in [1.54, 1.807) is 47.1 Å². The topological polar surface area (TPSA) is 75.9 Å². The maximum atomic E-state index is 13.0. The fraction of sp³-hybridized carbons (Fsp3) is 0.130. The molecular formula is C23H21N5O2S. The van der Waals surface area contributed by atoms with E-state index < -0.39 is 0 Å². The Labute approximate surface area is 183 Å². The van der Waals surface area contributed by atoms with Crippen LogP contribution in [0.15, 0.2) is 78.4 Å². The van der Waals surface area contributed by atoms with Crippen molar-refractivity contribution in [2.75, 3.05) is 7.05 Å². The number of para-hydroxylation sites is 1. The average Bonchev–Trinajstić information content (AvgIpc) is 3.24. The molecule has 0 fully saturated rings. The molecule has 0 spiro atoms. The van der Waals surface area contributed by atoms with Gasteiger partial charge >= 0.3 is 0 Å². The summed E-state index contributed by atoms with van der Waals surface area (Å²) in [6.45, 7) is 4.38. The molecule has 0 unspecified atom stereocenters. The van der Waals surface area contributed by atoms with Crippen molar-refractivity contribution < 1.29 is 4.79 Å². The Bertz CT molecular complexity index is 1380. The second-order valence-corrected chi connectivity index (χ2v) is 7.57. The number of hydrogen-bond donors (Lipinski definition) is 1. The van der Waals surface area contributed by atoms with E-state index in [-0.39, 0.29) is 11.5 Å². The number of nitrogens with one attached hydrogen (secondary N) is 1. The molecule has 1 amide bonds. The number of amides is 1. The molecule has 0 bridgehead atoms. The van der Waals surface area contributed by atoms with Gasteiger partial charge in [-0.3, -0.25) is 14.2 Å². The lowest BCUT2D eigenvalue weighted by Crippen LogP contribution is -2.26. The zero-order valence-corrected chi connectivity index (χ0v) is 17.8. The van der Waals surface area contributed by atoms with Crippen LogP contribution in [0, 0.1) is 4.77 Å². The van der Waals surface area contributed by atoms with Gasteiger partial charge < -0.3 is 9.88 Å². The molecule has 7 nitrogen and oxygen atoms in total. The maximum absolute atomic E-state index is 13.0. The fourth-order valence-electron chi connectivity index (χ4n) is 3.41. The predicted octanol–water partition coefficient (Wildman–Crippen LogP) is 3.70. The SMILES string of the molecule is C=CCn1c(=S)[nH]c2cc(C(=O)N(C)Cc3cnn(-c4ccccc4)c3)ccc2c1=O. The summed E-state index contributed by atoms with van der Waals surface area (Å²) >= 11 is 5.28. The van der Waals surface area contributed by atoms with Gasteiger partial charge in [-0.1, -0.05) is 24.3 Å². The lowest BCUT2D eigenvalue weighted by atomic mass is 10.1. The lowest BCUT2D eigenvalue weighted by molar-refractivity contribution is 0.0785. The van der Waals surface area contributed by atoms with Gasteiger partial charge in [0.2, 0.25) is 0 Å². The van der Waals surface area contributed by atoms with Crippen molar-refractivity contribution in [1.82, 2.24) is 24.2 Å². The van der Waals surface area contributed by atoms with Crippen molar-refractivity contribution in [1.29, 1.82) is 0 Å². The Morgan fingerprint density at radius 2 is 2.03 bits per heavy atom. The number of carbonyl (C=O) groups excluding carboxylic acids is 1. The number of aromatic nitrogens is 4. The quantitative estimate of drug-likeness (QED) is 0.373. The van der Waals surface area contributed by atoms with Crippen LogP contribution in [0.5, 0.6) is 0 Å². The number of carbonyl (C=O) groups is 1. The van der Waals surface area contributed by atoms with E-state index in [0.717, 1.165) is 11.3 Å². The van der Waals surface area contributed by atoms with Gasteiger partial charge in [0.05, 0.1) is 22.8 Å². The van der Waals surface area contributed by atoms with Crippen LogP contribution < -0.4 is 5.56 Å². The molecular weight excluding hydrogens is 410 g/mol. The first-order chi connectivity index (χ1) is 15.0. The minimum Gasteiger partial charge on any atom is -0.337 e. The number of nitrogens with zero attached hydrogens (tertiary/aromatic N) is 4. The van der Waals surface area contributed by atoms with Crippen LogP contribution in [-0.2, 0) is 13.1 Å². The molecule has 0 aliphatic carbocycles. The molecule has 1 N–H and O–H groups in total. The smallest absolute Gasteiger partial charge is 0.262 e. The molecule has 0 atom stereocenters. The summed E-state index contributed by atoms with van der Waals surface area (Å²) in [7, 11) is 1.73. The first-order valence-electron chi connectivity index (χ1n) is 9.70. The summed E-state index contributed by atoms with van der Waals surface area (Å²) in [5.74, 6) is -0.163. The number of hydrogen-bond acceptors (Lipinski definition) is 4. The Hall–Kier alpha value is -3.78. The summed E-state index contributed by atoms with van der Waals surface area (Å²) in [5.41, 5.74) is 2.66. The highest BCUT2D eigenvalue weighted by Crippen LogP contribution is 2.15. The third kappa shape index (κ3) is 4.10. The monoisotopic (exact) mass is 431 g/mol. The van der Waals surface area contributed by atoms with E-state index >= 15 is 0 Å². The highest BCUT2D eigenvalue weighted by Gasteiger charge is 2.15. The molecule has 156 valence electrons. The van der Waals surface area contributed by atoms with Crippen molar-refractivity contribution in [3.63, 3.8) is 0 Å². The molecule has 0 saturated heterocycles. The van der Waals surface area contributed by atoms with E-state index in [4.69, 9.17) is 12.2 Å². The normalized spacial score (nSPS) is 10.9. The van der Waals surface area contributed by atoms with Crippen LogP contribution in [0.4, 0.5) is 0 Å². The molecule has 0 radical (unpaired) electrons. The molecule has 2 aromatic heterocycles. The molecule has 4 aromatic rings. The Morgan fingerprint density at radius 1 is 1.26 bits per heavy atom. The van der Waals surface area contributed by atoms with Gasteiger partial charge in [0.25, 0.3) is 11.5 Å². The Morgan fingerprint density at radius 3 is 2.77 bits per heavy atom. The average molecular weight is 432 g/mol. The predicted molar refractivity (Wildman–Crippen MR) is 123 cm³/mol. The Kier molecular flexibility index (Phi) is 5.64. The van der Waals surface area contributed by atoms with Crippen LogP contribution in [0.2, 0.25) is 0 Å². The van der Waals surface area contributed by atoms with E-state index in [1.807, 2.05) is 36.5 Å². The van der Waals surface area contributed by atoms with Gasteiger partial charge in [-0.2, -0.15) is 5.10 Å². The third-order valence-electron chi connectivity index (χ3n) is 4.96. The van der Waals surface area contributed by atoms with E-state index in [0.29, 0.717) is 34.3 Å². The van der Waals surface area contributed by atoms with Gasteiger partial charge in [0.1, 0.15) is 0 Å². The fourth-order valence-corrected chi connectivity index (χ4v) is 3.68. The zero-order valence-electron chi connectivity index (χ0n) is 17.0. The molecule has 4 rings (SSSR count). The molecule has 8 heteroatoms. The number of fused-ring (bicyclic) bond motifs is 1. The minimum absolute atomic E-state index is 0.163. The standard InChI is InChI=1S/C23H21N5O2S/c1-3-11-27-22(30)19-10-9-17(12-20(19)25-23(27)31)21(29)26(2)14-16-13-24-28(15-16)18-7-5-4-6-8-18/h3-10,12-13,15H,1,11,14H2,2H3,(H,25,31). The number of allylic oxidation sites excluding steroid dienone is 1. The highest BCUT2D eigenvalue weighted by atomic mass is 32.1. The van der Waals surface area contributed by atoms with Gasteiger partial charge in [-0.25, -0.2) is 4.68 Å². The molecule has 2 heterocycles. The van der Waals surface area contributed by atoms with Crippen molar-refractivity contribution in [3.05, 3.63) is 99.8 Å². The van der Waals surface area contributed by atoms with Crippen molar-refractivity contribution in [3.8, 4) is 5.69 Å². The number of benzene rings is 2. The van der Waals surface area contributed by atoms with Crippen molar-refractivity contribution in [2.24, 2.45) is 0 Å². The second-order valence-electron chi connectivity index (χ2n) is 7.18. The second kappa shape index (κ2) is 8.53. The van der Waals surface area contributed by atoms with Gasteiger partial charge in [0, 0.05) is 37.5 Å². The Balaban J connectivity index is 1.57. The lowest BCUT2D eigenvalue weighted by Gasteiger charge is -2.16. The highest BCUT2D eigenvalue weighted by molar-refractivity contribution is 7.71. The van der Waals surface area contributed by atoms with Crippen molar-refractivity contribution in [2.45, 2.75) is 13.1 Å². The molecule has 31 heavy (non-hydrogen) atoms. The first-order valence-corrected chi connectivity index (χ1v) is 10.1. The number of aromatic amines is 1. The summed E-state index contributed by atoms with van der Waals surface area (Å²) < 4.78 is 3.50. The largest absolute Gasteiger partial charge is 0.337 e. The van der Waals surface area contributed by atoms with Crippen LogP contribution in [0.25, 0.3) is 16.6 Å². The molecule has 0 saturated carbocycles. The molecule has 0 aliphatic rings. The molecule has 0 aliphatic heterocycles. The van der Waals surface area contributed by atoms with Crippen LogP contribution >= 0.6 is 12.2 Å². The van der Waals surface area contributed by atoms with Gasteiger partial charge in [-0.15, -0.1) is 6.58 Å². The van der Waals surface area contributed by atoms with Crippen LogP contribution in [0.3, 0.4) is 0 Å². The number of rotatable bonds is 6. The van der Waals surface area contributed by atoms with E-state index in [1.165, 1.54) is 4.57 Å². The molecule has 2 aromatic carbocycles. The summed E-state index contributed by atoms with van der Waals surface area (Å²) in [6.07, 6.45) is 5.26. The minimum atomic E-state index is -0.209. The summed E-state index contributed by atoms with van der Waals surface area (Å²) in [5, 5.41) is 4.84. The summed E-state index contributed by atoms with van der Waals surface area (Å²) in [6, 6.07) is 14.7.